The summed E-state index contributed by atoms with van der Waals surface area (Å²) in [5.74, 6) is 0. The van der Waals surface area contributed by atoms with E-state index < -0.39 is 0 Å². The highest BCUT2D eigenvalue weighted by Crippen LogP contribution is 2.23. The van der Waals surface area contributed by atoms with Crippen molar-refractivity contribution in [3.63, 3.8) is 0 Å². The Balaban J connectivity index is 2.06. The number of nitriles is 1. The van der Waals surface area contributed by atoms with Crippen molar-refractivity contribution in [2.75, 3.05) is 5.43 Å². The molecule has 0 saturated carbocycles. The average molecular weight is 229 g/mol. The first-order chi connectivity index (χ1) is 8.20. The molecule has 0 bridgehead atoms. The van der Waals surface area contributed by atoms with Crippen molar-refractivity contribution in [2.45, 2.75) is 45.2 Å². The van der Waals surface area contributed by atoms with E-state index in [0.717, 1.165) is 5.69 Å². The van der Waals surface area contributed by atoms with Gasteiger partial charge in [-0.2, -0.15) is 5.26 Å². The number of rotatable bonds is 2. The first-order valence-corrected chi connectivity index (χ1v) is 6.26. The van der Waals surface area contributed by atoms with Gasteiger partial charge in [0.15, 0.2) is 0 Å². The number of hydrogen-bond donors (Lipinski definition) is 1. The highest BCUT2D eigenvalue weighted by atomic mass is 15.5. The van der Waals surface area contributed by atoms with Crippen LogP contribution in [0.4, 0.5) is 5.69 Å². The van der Waals surface area contributed by atoms with Gasteiger partial charge in [0.1, 0.15) is 0 Å². The van der Waals surface area contributed by atoms with Crippen molar-refractivity contribution >= 4 is 5.69 Å². The Kier molecular flexibility index (Phi) is 3.65. The minimum Gasteiger partial charge on any atom is -0.318 e. The van der Waals surface area contributed by atoms with Gasteiger partial charge in [0, 0.05) is 17.8 Å². The second-order valence-corrected chi connectivity index (χ2v) is 4.84. The van der Waals surface area contributed by atoms with Gasteiger partial charge in [0.05, 0.1) is 11.6 Å². The van der Waals surface area contributed by atoms with E-state index in [1.807, 2.05) is 24.3 Å². The average Bonchev–Trinajstić information content (AvgIpc) is 2.35. The standard InChI is InChI=1S/C14H19N3/c1-11-4-3-5-12(2)17(11)16-14-8-6-13(10-15)7-9-14/h6-9,11-12,16H,3-5H2,1-2H3. The van der Waals surface area contributed by atoms with Crippen molar-refractivity contribution < 1.29 is 0 Å². The second kappa shape index (κ2) is 5.20. The van der Waals surface area contributed by atoms with Gasteiger partial charge >= 0.3 is 0 Å². The predicted octanol–water partition coefficient (Wildman–Crippen LogP) is 3.15. The first kappa shape index (κ1) is 11.9. The van der Waals surface area contributed by atoms with Crippen LogP contribution in [0, 0.1) is 11.3 Å². The third kappa shape index (κ3) is 2.78. The predicted molar refractivity (Wildman–Crippen MR) is 69.4 cm³/mol. The van der Waals surface area contributed by atoms with Crippen LogP contribution in [-0.2, 0) is 0 Å². The van der Waals surface area contributed by atoms with Gasteiger partial charge in [-0.05, 0) is 51.0 Å². The minimum atomic E-state index is 0.564. The Morgan fingerprint density at radius 3 is 2.29 bits per heavy atom. The summed E-state index contributed by atoms with van der Waals surface area (Å²) in [7, 11) is 0. The lowest BCUT2D eigenvalue weighted by atomic mass is 10.00. The van der Waals surface area contributed by atoms with Gasteiger partial charge in [0.2, 0.25) is 0 Å². The third-order valence-corrected chi connectivity index (χ3v) is 3.47. The van der Waals surface area contributed by atoms with Crippen LogP contribution < -0.4 is 5.43 Å². The van der Waals surface area contributed by atoms with E-state index in [4.69, 9.17) is 5.26 Å². The Labute approximate surface area is 103 Å². The van der Waals surface area contributed by atoms with E-state index in [-0.39, 0.29) is 0 Å². The molecule has 0 aromatic heterocycles. The van der Waals surface area contributed by atoms with E-state index >= 15 is 0 Å². The summed E-state index contributed by atoms with van der Waals surface area (Å²) in [6.45, 7) is 4.51. The topological polar surface area (TPSA) is 39.1 Å². The van der Waals surface area contributed by atoms with Crippen LogP contribution in [0.5, 0.6) is 0 Å². The molecule has 3 nitrogen and oxygen atoms in total. The molecule has 90 valence electrons. The van der Waals surface area contributed by atoms with Gasteiger partial charge in [-0.1, -0.05) is 6.42 Å². The quantitative estimate of drug-likeness (QED) is 0.846. The van der Waals surface area contributed by atoms with Crippen LogP contribution in [-0.4, -0.2) is 17.1 Å². The molecule has 1 N–H and O–H groups in total. The Bertz CT molecular complexity index is 394. The Morgan fingerprint density at radius 1 is 1.18 bits per heavy atom. The van der Waals surface area contributed by atoms with Crippen LogP contribution in [0.15, 0.2) is 24.3 Å². The molecule has 0 spiro atoms. The summed E-state index contributed by atoms with van der Waals surface area (Å²) in [6, 6.07) is 10.9. The molecule has 2 rings (SSSR count). The summed E-state index contributed by atoms with van der Waals surface area (Å²) in [5, 5.41) is 11.1. The zero-order chi connectivity index (χ0) is 12.3. The van der Waals surface area contributed by atoms with Crippen LogP contribution in [0.25, 0.3) is 0 Å². The molecule has 1 aliphatic rings. The maximum atomic E-state index is 8.75. The van der Waals surface area contributed by atoms with Crippen LogP contribution >= 0.6 is 0 Å². The molecule has 1 aromatic carbocycles. The molecule has 0 aliphatic carbocycles. The monoisotopic (exact) mass is 229 g/mol. The zero-order valence-electron chi connectivity index (χ0n) is 10.5. The number of hydrogen-bond acceptors (Lipinski definition) is 3. The lowest BCUT2D eigenvalue weighted by Crippen LogP contribution is -2.47. The van der Waals surface area contributed by atoms with Crippen molar-refractivity contribution in [3.8, 4) is 6.07 Å². The number of hydrazine groups is 1. The Morgan fingerprint density at radius 2 is 1.76 bits per heavy atom. The molecule has 1 fully saturated rings. The van der Waals surface area contributed by atoms with Crippen LogP contribution in [0.2, 0.25) is 0 Å². The number of anilines is 1. The molecule has 1 aliphatic heterocycles. The maximum Gasteiger partial charge on any atom is 0.0991 e. The van der Waals surface area contributed by atoms with E-state index in [0.29, 0.717) is 17.6 Å². The molecule has 0 amide bonds. The molecule has 17 heavy (non-hydrogen) atoms. The zero-order valence-corrected chi connectivity index (χ0v) is 10.5. The molecule has 3 heteroatoms. The van der Waals surface area contributed by atoms with Gasteiger partial charge in [0.25, 0.3) is 0 Å². The largest absolute Gasteiger partial charge is 0.318 e. The maximum absolute atomic E-state index is 8.75. The molecule has 1 heterocycles. The van der Waals surface area contributed by atoms with Crippen molar-refractivity contribution in [1.29, 1.82) is 5.26 Å². The lowest BCUT2D eigenvalue weighted by molar-refractivity contribution is 0.136. The fraction of sp³-hybridized carbons (Fsp3) is 0.500. The fourth-order valence-corrected chi connectivity index (χ4v) is 2.41. The smallest absolute Gasteiger partial charge is 0.0991 e. The number of nitrogens with one attached hydrogen (secondary N) is 1. The van der Waals surface area contributed by atoms with Crippen LogP contribution in [0.1, 0.15) is 38.7 Å². The van der Waals surface area contributed by atoms with E-state index in [1.54, 1.807) is 0 Å². The number of piperidine rings is 1. The highest BCUT2D eigenvalue weighted by molar-refractivity contribution is 5.46. The normalized spacial score (nSPS) is 25.2. The van der Waals surface area contributed by atoms with Gasteiger partial charge in [-0.3, -0.25) is 0 Å². The van der Waals surface area contributed by atoms with Gasteiger partial charge in [-0.15, -0.1) is 0 Å². The summed E-state index contributed by atoms with van der Waals surface area (Å²) in [6.07, 6.45) is 3.80. The molecular formula is C14H19N3. The van der Waals surface area contributed by atoms with Crippen molar-refractivity contribution in [1.82, 2.24) is 5.01 Å². The van der Waals surface area contributed by atoms with Gasteiger partial charge < -0.3 is 5.43 Å². The lowest BCUT2D eigenvalue weighted by Gasteiger charge is -2.39. The summed E-state index contributed by atoms with van der Waals surface area (Å²) in [4.78, 5) is 0. The molecular weight excluding hydrogens is 210 g/mol. The van der Waals surface area contributed by atoms with E-state index in [1.165, 1.54) is 19.3 Å². The highest BCUT2D eigenvalue weighted by Gasteiger charge is 2.24. The molecule has 2 unspecified atom stereocenters. The van der Waals surface area contributed by atoms with Crippen LogP contribution in [0.3, 0.4) is 0 Å². The van der Waals surface area contributed by atoms with E-state index in [9.17, 15) is 0 Å². The summed E-state index contributed by atoms with van der Waals surface area (Å²) in [5.41, 5.74) is 5.22. The fourth-order valence-electron chi connectivity index (χ4n) is 2.41. The minimum absolute atomic E-state index is 0.564. The third-order valence-electron chi connectivity index (χ3n) is 3.47. The molecule has 1 saturated heterocycles. The number of nitrogens with zero attached hydrogens (tertiary/aromatic N) is 2. The molecule has 1 aromatic rings. The van der Waals surface area contributed by atoms with Crippen molar-refractivity contribution in [3.05, 3.63) is 29.8 Å². The second-order valence-electron chi connectivity index (χ2n) is 4.84. The van der Waals surface area contributed by atoms with Gasteiger partial charge in [-0.25, -0.2) is 5.01 Å². The SMILES string of the molecule is CC1CCCC(C)N1Nc1ccc(C#N)cc1. The summed E-state index contributed by atoms with van der Waals surface area (Å²) >= 11 is 0. The van der Waals surface area contributed by atoms with Crippen molar-refractivity contribution in [2.24, 2.45) is 0 Å². The number of benzene rings is 1. The summed E-state index contributed by atoms with van der Waals surface area (Å²) < 4.78 is 0. The molecule has 2 atom stereocenters. The van der Waals surface area contributed by atoms with E-state index in [2.05, 4.69) is 30.4 Å². The Hall–Kier alpha value is -1.53. The first-order valence-electron chi connectivity index (χ1n) is 6.26. The molecule has 0 radical (unpaired) electrons.